The lowest BCUT2D eigenvalue weighted by Crippen LogP contribution is -2.09. The fraction of sp³-hybridized carbons (Fsp3) is 0. The summed E-state index contributed by atoms with van der Waals surface area (Å²) in [7, 11) is 0. The van der Waals surface area contributed by atoms with Gasteiger partial charge >= 0.3 is 0 Å². The average molecular weight is 547 g/mol. The van der Waals surface area contributed by atoms with Crippen LogP contribution in [0.15, 0.2) is 158 Å². The predicted octanol–water partition coefficient (Wildman–Crippen LogP) is 11.2. The molecule has 8 rings (SSSR count). The van der Waals surface area contributed by atoms with E-state index in [2.05, 4.69) is 138 Å². The van der Waals surface area contributed by atoms with Gasteiger partial charge in [-0.3, -0.25) is 0 Å². The molecule has 0 aromatic heterocycles. The lowest BCUT2D eigenvalue weighted by molar-refractivity contribution is 1.28. The number of nitrogens with zero attached hydrogens (tertiary/aromatic N) is 2. The highest BCUT2D eigenvalue weighted by Crippen LogP contribution is 2.49. The Morgan fingerprint density at radius 2 is 0.860 bits per heavy atom. The van der Waals surface area contributed by atoms with Crippen LogP contribution in [0.2, 0.25) is 0 Å². The van der Waals surface area contributed by atoms with Gasteiger partial charge in [0.2, 0.25) is 0 Å². The number of para-hydroxylation sites is 1. The molecule has 0 radical (unpaired) electrons. The van der Waals surface area contributed by atoms with Crippen molar-refractivity contribution >= 4 is 27.8 Å². The summed E-state index contributed by atoms with van der Waals surface area (Å²) in [6, 6.07) is 57.9. The summed E-state index contributed by atoms with van der Waals surface area (Å²) in [6.45, 7) is 0. The molecule has 2 heteroatoms. The van der Waals surface area contributed by atoms with Gasteiger partial charge in [-0.05, 0) is 104 Å². The van der Waals surface area contributed by atoms with Crippen LogP contribution >= 0.6 is 0 Å². The third kappa shape index (κ3) is 4.19. The molecule has 0 atom stereocenters. The van der Waals surface area contributed by atoms with Crippen molar-refractivity contribution < 1.29 is 0 Å². The van der Waals surface area contributed by atoms with E-state index >= 15 is 0 Å². The van der Waals surface area contributed by atoms with Crippen LogP contribution < -0.4 is 4.90 Å². The van der Waals surface area contributed by atoms with Gasteiger partial charge in [-0.15, -0.1) is 0 Å². The second-order valence-electron chi connectivity index (χ2n) is 10.9. The van der Waals surface area contributed by atoms with Gasteiger partial charge in [-0.1, -0.05) is 109 Å². The Bertz CT molecular complexity index is 2120. The van der Waals surface area contributed by atoms with E-state index in [1.54, 1.807) is 0 Å². The van der Waals surface area contributed by atoms with E-state index in [0.29, 0.717) is 5.56 Å². The Kier molecular flexibility index (Phi) is 5.88. The van der Waals surface area contributed by atoms with Crippen LogP contribution in [0, 0.1) is 11.3 Å². The van der Waals surface area contributed by atoms with E-state index in [4.69, 9.17) is 5.26 Å². The van der Waals surface area contributed by atoms with Crippen LogP contribution in [-0.4, -0.2) is 0 Å². The molecule has 0 saturated heterocycles. The summed E-state index contributed by atoms with van der Waals surface area (Å²) >= 11 is 0. The summed E-state index contributed by atoms with van der Waals surface area (Å²) < 4.78 is 0. The molecular formula is C41H26N2. The first kappa shape index (κ1) is 24.9. The maximum atomic E-state index is 9.14. The third-order valence-electron chi connectivity index (χ3n) is 8.47. The zero-order valence-electron chi connectivity index (χ0n) is 23.4. The molecular weight excluding hydrogens is 520 g/mol. The highest BCUT2D eigenvalue weighted by atomic mass is 15.1. The fourth-order valence-electron chi connectivity index (χ4n) is 6.41. The standard InChI is InChI=1S/C41H26N2/c42-27-28-13-15-29(16-14-28)30-17-21-33(22-18-30)43(32-7-2-1-3-8-32)34-23-19-31(20-24-34)35-25-26-40-37-10-5-4-9-36(37)39-12-6-11-38(35)41(39)40/h1-26H. The maximum absolute atomic E-state index is 9.14. The van der Waals surface area contributed by atoms with Crippen molar-refractivity contribution in [1.82, 2.24) is 0 Å². The lowest BCUT2D eigenvalue weighted by atomic mass is 9.94. The molecule has 1 aliphatic carbocycles. The van der Waals surface area contributed by atoms with Crippen LogP contribution in [-0.2, 0) is 0 Å². The molecule has 7 aromatic rings. The van der Waals surface area contributed by atoms with Crippen LogP contribution in [0.3, 0.4) is 0 Å². The second kappa shape index (κ2) is 10.2. The van der Waals surface area contributed by atoms with E-state index in [-0.39, 0.29) is 0 Å². The van der Waals surface area contributed by atoms with E-state index in [9.17, 15) is 0 Å². The number of benzene rings is 7. The molecule has 7 aromatic carbocycles. The molecule has 0 fully saturated rings. The molecule has 0 aliphatic heterocycles. The first-order chi connectivity index (χ1) is 21.3. The first-order valence-electron chi connectivity index (χ1n) is 14.5. The van der Waals surface area contributed by atoms with Crippen molar-refractivity contribution in [3.63, 3.8) is 0 Å². The largest absolute Gasteiger partial charge is 0.311 e. The van der Waals surface area contributed by atoms with Crippen LogP contribution in [0.5, 0.6) is 0 Å². The predicted molar refractivity (Wildman–Crippen MR) is 179 cm³/mol. The number of hydrogen-bond acceptors (Lipinski definition) is 2. The number of fused-ring (bicyclic) bond motifs is 3. The third-order valence-corrected chi connectivity index (χ3v) is 8.47. The molecule has 43 heavy (non-hydrogen) atoms. The average Bonchev–Trinajstić information content (AvgIpc) is 3.41. The maximum Gasteiger partial charge on any atom is 0.0991 e. The molecule has 0 heterocycles. The molecule has 0 saturated carbocycles. The van der Waals surface area contributed by atoms with Crippen molar-refractivity contribution in [1.29, 1.82) is 5.26 Å². The molecule has 0 N–H and O–H groups in total. The molecule has 200 valence electrons. The molecule has 2 nitrogen and oxygen atoms in total. The van der Waals surface area contributed by atoms with E-state index in [1.807, 2.05) is 30.3 Å². The normalized spacial score (nSPS) is 11.2. The van der Waals surface area contributed by atoms with Gasteiger partial charge in [0.15, 0.2) is 0 Å². The minimum Gasteiger partial charge on any atom is -0.311 e. The number of nitriles is 1. The Balaban J connectivity index is 1.17. The van der Waals surface area contributed by atoms with Gasteiger partial charge in [-0.2, -0.15) is 5.26 Å². The Morgan fingerprint density at radius 3 is 1.49 bits per heavy atom. The van der Waals surface area contributed by atoms with Gasteiger partial charge < -0.3 is 4.90 Å². The van der Waals surface area contributed by atoms with E-state index in [0.717, 1.165) is 28.2 Å². The Hall–Kier alpha value is -5.91. The Labute approximate surface area is 251 Å². The van der Waals surface area contributed by atoms with Crippen molar-refractivity contribution in [2.45, 2.75) is 0 Å². The monoisotopic (exact) mass is 546 g/mol. The van der Waals surface area contributed by atoms with E-state index in [1.165, 1.54) is 44.2 Å². The van der Waals surface area contributed by atoms with Crippen molar-refractivity contribution in [2.24, 2.45) is 0 Å². The minimum atomic E-state index is 0.668. The lowest BCUT2D eigenvalue weighted by Gasteiger charge is -2.26. The summed E-state index contributed by atoms with van der Waals surface area (Å²) in [5.74, 6) is 0. The van der Waals surface area contributed by atoms with Crippen LogP contribution in [0.25, 0.3) is 55.3 Å². The smallest absolute Gasteiger partial charge is 0.0991 e. The number of rotatable bonds is 5. The van der Waals surface area contributed by atoms with Crippen molar-refractivity contribution in [2.75, 3.05) is 4.90 Å². The molecule has 0 amide bonds. The van der Waals surface area contributed by atoms with Gasteiger partial charge in [-0.25, -0.2) is 0 Å². The number of hydrogen-bond donors (Lipinski definition) is 0. The fourth-order valence-corrected chi connectivity index (χ4v) is 6.41. The van der Waals surface area contributed by atoms with Gasteiger partial charge in [0.25, 0.3) is 0 Å². The summed E-state index contributed by atoms with van der Waals surface area (Å²) in [5.41, 5.74) is 13.9. The zero-order chi connectivity index (χ0) is 28.8. The SMILES string of the molecule is N#Cc1ccc(-c2ccc(N(c3ccccc3)c3ccc(-c4ccc5c6c(cccc46)-c4ccccc4-5)cc3)cc2)cc1. The second-order valence-corrected chi connectivity index (χ2v) is 10.9. The highest BCUT2D eigenvalue weighted by Gasteiger charge is 2.22. The molecule has 1 aliphatic rings. The quantitative estimate of drug-likeness (QED) is 0.215. The Morgan fingerprint density at radius 1 is 0.372 bits per heavy atom. The highest BCUT2D eigenvalue weighted by molar-refractivity contribution is 6.18. The summed E-state index contributed by atoms with van der Waals surface area (Å²) in [6.07, 6.45) is 0. The summed E-state index contributed by atoms with van der Waals surface area (Å²) in [5, 5.41) is 11.8. The molecule has 0 bridgehead atoms. The van der Waals surface area contributed by atoms with Gasteiger partial charge in [0.1, 0.15) is 0 Å². The first-order valence-corrected chi connectivity index (χ1v) is 14.5. The van der Waals surface area contributed by atoms with Gasteiger partial charge in [0, 0.05) is 17.1 Å². The van der Waals surface area contributed by atoms with Crippen LogP contribution in [0.4, 0.5) is 17.1 Å². The molecule has 0 spiro atoms. The van der Waals surface area contributed by atoms with Gasteiger partial charge in [0.05, 0.1) is 11.6 Å². The minimum absolute atomic E-state index is 0.668. The van der Waals surface area contributed by atoms with Crippen molar-refractivity contribution in [3.05, 3.63) is 163 Å². The summed E-state index contributed by atoms with van der Waals surface area (Å²) in [4.78, 5) is 2.29. The van der Waals surface area contributed by atoms with E-state index < -0.39 is 0 Å². The zero-order valence-corrected chi connectivity index (χ0v) is 23.4. The van der Waals surface area contributed by atoms with Crippen molar-refractivity contribution in [3.8, 4) is 50.6 Å². The van der Waals surface area contributed by atoms with Crippen LogP contribution in [0.1, 0.15) is 5.56 Å². The number of anilines is 3. The topological polar surface area (TPSA) is 27.0 Å². The molecule has 0 unspecified atom stereocenters.